The Morgan fingerprint density at radius 1 is 1.07 bits per heavy atom. The molecule has 0 fully saturated rings. The average molecular weight is 411 g/mol. The maximum atomic E-state index is 12.7. The van der Waals surface area contributed by atoms with Crippen molar-refractivity contribution in [1.82, 2.24) is 4.90 Å². The maximum Gasteiger partial charge on any atom is 0.322 e. The second kappa shape index (κ2) is 9.17. The van der Waals surface area contributed by atoms with Crippen LogP contribution in [0.2, 0.25) is 10.0 Å². The van der Waals surface area contributed by atoms with Crippen LogP contribution in [-0.4, -0.2) is 42.4 Å². The van der Waals surface area contributed by atoms with Gasteiger partial charge in [-0.3, -0.25) is 0 Å². The zero-order chi connectivity index (χ0) is 19.2. The molecule has 1 heterocycles. The van der Waals surface area contributed by atoms with Crippen molar-refractivity contribution < 1.29 is 19.4 Å². The largest absolute Gasteiger partial charge is 0.486 e. The second-order valence-corrected chi connectivity index (χ2v) is 6.85. The van der Waals surface area contributed by atoms with Gasteiger partial charge in [-0.2, -0.15) is 0 Å². The molecule has 0 atom stereocenters. The monoisotopic (exact) mass is 410 g/mol. The smallest absolute Gasteiger partial charge is 0.322 e. The van der Waals surface area contributed by atoms with E-state index in [9.17, 15) is 4.79 Å². The maximum absolute atomic E-state index is 12.7. The summed E-state index contributed by atoms with van der Waals surface area (Å²) in [6.07, 6.45) is 0.468. The minimum atomic E-state index is -0.286. The molecule has 0 bridgehead atoms. The number of hydrogen-bond donors (Lipinski definition) is 2. The second-order valence-electron chi connectivity index (χ2n) is 6.04. The molecule has 3 rings (SSSR count). The first kappa shape index (κ1) is 19.6. The first-order chi connectivity index (χ1) is 13.1. The summed E-state index contributed by atoms with van der Waals surface area (Å²) in [6, 6.07) is 10.2. The van der Waals surface area contributed by atoms with Gasteiger partial charge in [-0.1, -0.05) is 29.3 Å². The van der Waals surface area contributed by atoms with Crippen LogP contribution < -0.4 is 14.8 Å². The lowest BCUT2D eigenvalue weighted by atomic mass is 10.2. The molecule has 0 aromatic heterocycles. The van der Waals surface area contributed by atoms with Gasteiger partial charge in [0.2, 0.25) is 0 Å². The summed E-state index contributed by atoms with van der Waals surface area (Å²) < 4.78 is 11.0. The van der Waals surface area contributed by atoms with Gasteiger partial charge < -0.3 is 24.8 Å². The van der Waals surface area contributed by atoms with E-state index in [0.29, 0.717) is 60.0 Å². The fourth-order valence-electron chi connectivity index (χ4n) is 2.70. The van der Waals surface area contributed by atoms with Gasteiger partial charge in [-0.05, 0) is 36.2 Å². The Labute approximate surface area is 167 Å². The van der Waals surface area contributed by atoms with Crippen LogP contribution in [0.5, 0.6) is 11.5 Å². The van der Waals surface area contributed by atoms with E-state index in [1.165, 1.54) is 0 Å². The molecule has 1 aliphatic rings. The Morgan fingerprint density at radius 2 is 1.85 bits per heavy atom. The molecule has 0 radical (unpaired) electrons. The number of nitrogens with zero attached hydrogens (tertiary/aromatic N) is 1. The minimum Gasteiger partial charge on any atom is -0.486 e. The van der Waals surface area contributed by atoms with E-state index in [1.807, 2.05) is 6.07 Å². The van der Waals surface area contributed by atoms with Gasteiger partial charge in [-0.15, -0.1) is 0 Å². The highest BCUT2D eigenvalue weighted by Gasteiger charge is 2.17. The predicted molar refractivity (Wildman–Crippen MR) is 105 cm³/mol. The lowest BCUT2D eigenvalue weighted by Gasteiger charge is -2.24. The summed E-state index contributed by atoms with van der Waals surface area (Å²) in [5, 5.41) is 12.9. The molecule has 6 nitrogen and oxygen atoms in total. The van der Waals surface area contributed by atoms with Gasteiger partial charge >= 0.3 is 6.03 Å². The highest BCUT2D eigenvalue weighted by atomic mass is 35.5. The molecular weight excluding hydrogens is 391 g/mol. The van der Waals surface area contributed by atoms with Gasteiger partial charge in [0.25, 0.3) is 0 Å². The molecule has 0 aliphatic carbocycles. The summed E-state index contributed by atoms with van der Waals surface area (Å²) in [6.45, 7) is 1.72. The first-order valence-corrected chi connectivity index (χ1v) is 9.33. The molecule has 2 aromatic rings. The number of hydrogen-bond acceptors (Lipinski definition) is 4. The molecule has 0 spiro atoms. The lowest BCUT2D eigenvalue weighted by molar-refractivity contribution is 0.171. The summed E-state index contributed by atoms with van der Waals surface area (Å²) in [5.41, 5.74) is 1.45. The quantitative estimate of drug-likeness (QED) is 0.748. The van der Waals surface area contributed by atoms with Crippen LogP contribution in [0.3, 0.4) is 0 Å². The highest BCUT2D eigenvalue weighted by molar-refractivity contribution is 6.42. The van der Waals surface area contributed by atoms with E-state index in [0.717, 1.165) is 5.56 Å². The number of amides is 2. The SMILES string of the molecule is O=C(Nc1ccc2c(c1)OCCO2)N(CCCO)Cc1ccc(Cl)c(Cl)c1. The van der Waals surface area contributed by atoms with Crippen LogP contribution in [-0.2, 0) is 6.54 Å². The number of halogens is 2. The number of fused-ring (bicyclic) bond motifs is 1. The zero-order valence-electron chi connectivity index (χ0n) is 14.6. The van der Waals surface area contributed by atoms with E-state index < -0.39 is 0 Å². The number of carbonyl (C=O) groups is 1. The summed E-state index contributed by atoms with van der Waals surface area (Å²) in [4.78, 5) is 14.3. The van der Waals surface area contributed by atoms with Gasteiger partial charge in [0, 0.05) is 31.5 Å². The first-order valence-electron chi connectivity index (χ1n) is 8.57. The van der Waals surface area contributed by atoms with Crippen molar-refractivity contribution in [2.45, 2.75) is 13.0 Å². The van der Waals surface area contributed by atoms with Gasteiger partial charge in [-0.25, -0.2) is 4.79 Å². The third-order valence-electron chi connectivity index (χ3n) is 4.02. The number of ether oxygens (including phenoxy) is 2. The number of aliphatic hydroxyl groups is 1. The Bertz CT molecular complexity index is 816. The molecule has 27 heavy (non-hydrogen) atoms. The molecule has 8 heteroatoms. The molecule has 0 saturated heterocycles. The van der Waals surface area contributed by atoms with Crippen molar-refractivity contribution in [3.63, 3.8) is 0 Å². The molecule has 0 unspecified atom stereocenters. The van der Waals surface area contributed by atoms with Crippen molar-refractivity contribution in [1.29, 1.82) is 0 Å². The molecule has 1 aliphatic heterocycles. The van der Waals surface area contributed by atoms with Gasteiger partial charge in [0.05, 0.1) is 10.0 Å². The Kier molecular flexibility index (Phi) is 6.66. The van der Waals surface area contributed by atoms with E-state index in [2.05, 4.69) is 5.32 Å². The van der Waals surface area contributed by atoms with Crippen LogP contribution in [0.1, 0.15) is 12.0 Å². The van der Waals surface area contributed by atoms with E-state index in [1.54, 1.807) is 35.2 Å². The van der Waals surface area contributed by atoms with Crippen LogP contribution in [0.25, 0.3) is 0 Å². The molecule has 2 amide bonds. The fraction of sp³-hybridized carbons (Fsp3) is 0.316. The number of nitrogens with one attached hydrogen (secondary N) is 1. The van der Waals surface area contributed by atoms with E-state index >= 15 is 0 Å². The number of carbonyl (C=O) groups excluding carboxylic acids is 1. The molecule has 2 N–H and O–H groups in total. The molecule has 2 aromatic carbocycles. The van der Waals surface area contributed by atoms with Crippen molar-refractivity contribution in [3.05, 3.63) is 52.0 Å². The topological polar surface area (TPSA) is 71.0 Å². The van der Waals surface area contributed by atoms with Crippen molar-refractivity contribution in [2.24, 2.45) is 0 Å². The van der Waals surface area contributed by atoms with Crippen LogP contribution >= 0.6 is 23.2 Å². The third kappa shape index (κ3) is 5.19. The van der Waals surface area contributed by atoms with Crippen molar-refractivity contribution in [2.75, 3.05) is 31.7 Å². The van der Waals surface area contributed by atoms with Crippen molar-refractivity contribution in [3.8, 4) is 11.5 Å². The summed E-state index contributed by atoms with van der Waals surface area (Å²) >= 11 is 12.0. The highest BCUT2D eigenvalue weighted by Crippen LogP contribution is 2.32. The van der Waals surface area contributed by atoms with Crippen molar-refractivity contribution >= 4 is 34.9 Å². The number of rotatable bonds is 6. The fourth-order valence-corrected chi connectivity index (χ4v) is 3.02. The van der Waals surface area contributed by atoms with Crippen LogP contribution in [0.4, 0.5) is 10.5 Å². The Morgan fingerprint density at radius 3 is 2.59 bits per heavy atom. The average Bonchev–Trinajstić information content (AvgIpc) is 2.67. The molecule has 144 valence electrons. The lowest BCUT2D eigenvalue weighted by Crippen LogP contribution is -2.35. The number of anilines is 1. The number of urea groups is 1. The number of benzene rings is 2. The molecular formula is C19H20Cl2N2O4. The Balaban J connectivity index is 1.71. The van der Waals surface area contributed by atoms with E-state index in [-0.39, 0.29) is 12.6 Å². The molecule has 0 saturated carbocycles. The van der Waals surface area contributed by atoms with Gasteiger partial charge in [0.15, 0.2) is 11.5 Å². The zero-order valence-corrected chi connectivity index (χ0v) is 16.1. The van der Waals surface area contributed by atoms with Crippen LogP contribution in [0, 0.1) is 0 Å². The number of aliphatic hydroxyl groups excluding tert-OH is 1. The predicted octanol–water partition coefficient (Wildman–Crippen LogP) is 4.18. The van der Waals surface area contributed by atoms with E-state index in [4.69, 9.17) is 37.8 Å². The van der Waals surface area contributed by atoms with Crippen LogP contribution in [0.15, 0.2) is 36.4 Å². The normalized spacial score (nSPS) is 12.6. The summed E-state index contributed by atoms with van der Waals surface area (Å²) in [5.74, 6) is 1.26. The standard InChI is InChI=1S/C19H20Cl2N2O4/c20-15-4-2-13(10-16(15)21)12-23(6-1-7-24)19(25)22-14-3-5-17-18(11-14)27-9-8-26-17/h2-5,10-11,24H,1,6-9,12H2,(H,22,25). The van der Waals surface area contributed by atoms with Gasteiger partial charge in [0.1, 0.15) is 13.2 Å². The Hall–Kier alpha value is -2.15. The third-order valence-corrected chi connectivity index (χ3v) is 4.76. The summed E-state index contributed by atoms with van der Waals surface area (Å²) in [7, 11) is 0. The minimum absolute atomic E-state index is 0.00478.